The van der Waals surface area contributed by atoms with E-state index in [2.05, 4.69) is 11.9 Å². The van der Waals surface area contributed by atoms with Crippen molar-refractivity contribution in [3.05, 3.63) is 64.7 Å². The summed E-state index contributed by atoms with van der Waals surface area (Å²) in [5.41, 5.74) is 11.5. The molecule has 18 heavy (non-hydrogen) atoms. The average molecular weight is 238 g/mol. The molecule has 2 aromatic rings. The molecule has 0 aliphatic heterocycles. The summed E-state index contributed by atoms with van der Waals surface area (Å²) in [5.74, 6) is 0.562. The van der Waals surface area contributed by atoms with E-state index in [1.165, 1.54) is 5.56 Å². The highest BCUT2D eigenvalue weighted by atomic mass is 14.9. The highest BCUT2D eigenvalue weighted by Crippen LogP contribution is 2.23. The molecule has 0 saturated carbocycles. The Morgan fingerprint density at radius 1 is 0.889 bits per heavy atom. The summed E-state index contributed by atoms with van der Waals surface area (Å²) in [4.78, 5) is 4.55. The fourth-order valence-electron chi connectivity index (χ4n) is 1.89. The predicted molar refractivity (Wildman–Crippen MR) is 77.5 cm³/mol. The smallest absolute Gasteiger partial charge is 0.131 e. The molecule has 0 aliphatic rings. The lowest BCUT2D eigenvalue weighted by Gasteiger charge is -2.06. The third kappa shape index (κ3) is 2.59. The lowest BCUT2D eigenvalue weighted by molar-refractivity contribution is 1.31. The van der Waals surface area contributed by atoms with Crippen LogP contribution in [0.1, 0.15) is 22.3 Å². The number of aliphatic imine (C=N–C) groups is 1. The number of nitrogens with two attached hydrogens (primary N) is 1. The fraction of sp³-hybridized carbons (Fsp3) is 0.188. The summed E-state index contributed by atoms with van der Waals surface area (Å²) in [6.45, 7) is 6.16. The summed E-state index contributed by atoms with van der Waals surface area (Å²) in [6, 6.07) is 14.2. The highest BCUT2D eigenvalue weighted by Gasteiger charge is 2.03. The molecule has 2 aromatic carbocycles. The van der Waals surface area contributed by atoms with Crippen LogP contribution in [0.3, 0.4) is 0 Å². The molecule has 0 spiro atoms. The van der Waals surface area contributed by atoms with E-state index in [1.807, 2.05) is 56.3 Å². The van der Waals surface area contributed by atoms with Gasteiger partial charge in [0.25, 0.3) is 0 Å². The first-order valence-corrected chi connectivity index (χ1v) is 6.05. The number of hydrogen-bond acceptors (Lipinski definition) is 1. The molecule has 2 nitrogen and oxygen atoms in total. The van der Waals surface area contributed by atoms with Crippen molar-refractivity contribution in [2.75, 3.05) is 0 Å². The number of aryl methyl sites for hydroxylation is 3. The van der Waals surface area contributed by atoms with Crippen LogP contribution in [0.5, 0.6) is 0 Å². The molecule has 0 bridgehead atoms. The summed E-state index contributed by atoms with van der Waals surface area (Å²) in [6.07, 6.45) is 0. The van der Waals surface area contributed by atoms with Gasteiger partial charge in [0, 0.05) is 5.56 Å². The summed E-state index contributed by atoms with van der Waals surface area (Å²) < 4.78 is 0. The van der Waals surface area contributed by atoms with E-state index in [1.54, 1.807) is 0 Å². The fourth-order valence-corrected chi connectivity index (χ4v) is 1.89. The van der Waals surface area contributed by atoms with Gasteiger partial charge in [-0.1, -0.05) is 48.0 Å². The van der Waals surface area contributed by atoms with Gasteiger partial charge in [-0.25, -0.2) is 4.99 Å². The Labute approximate surface area is 108 Å². The average Bonchev–Trinajstić information content (AvgIpc) is 2.34. The Balaban J connectivity index is 2.41. The summed E-state index contributed by atoms with van der Waals surface area (Å²) >= 11 is 0. The van der Waals surface area contributed by atoms with E-state index < -0.39 is 0 Å². The third-order valence-corrected chi connectivity index (χ3v) is 3.02. The van der Waals surface area contributed by atoms with Crippen molar-refractivity contribution < 1.29 is 0 Å². The maximum Gasteiger partial charge on any atom is 0.131 e. The van der Waals surface area contributed by atoms with Crippen LogP contribution >= 0.6 is 0 Å². The van der Waals surface area contributed by atoms with Crippen molar-refractivity contribution in [1.29, 1.82) is 0 Å². The van der Waals surface area contributed by atoms with Crippen LogP contribution in [0, 0.1) is 20.8 Å². The molecule has 0 saturated heterocycles. The van der Waals surface area contributed by atoms with Gasteiger partial charge in [0.05, 0.1) is 5.69 Å². The minimum atomic E-state index is 0.562. The quantitative estimate of drug-likeness (QED) is 0.629. The minimum Gasteiger partial charge on any atom is -0.383 e. The first-order valence-electron chi connectivity index (χ1n) is 6.05. The summed E-state index contributed by atoms with van der Waals surface area (Å²) in [5, 5.41) is 0. The topological polar surface area (TPSA) is 38.4 Å². The van der Waals surface area contributed by atoms with Crippen molar-refractivity contribution in [3.8, 4) is 0 Å². The second-order valence-corrected chi connectivity index (χ2v) is 4.60. The Morgan fingerprint density at radius 2 is 1.44 bits per heavy atom. The standard InChI is InChI=1S/C16H18N2/c1-11-7-9-14(10-8-11)16(17)18-15-12(2)5-4-6-13(15)3/h4-10H,1-3H3,(H2,17,18). The number of hydrogen-bond donors (Lipinski definition) is 1. The molecule has 0 atom stereocenters. The molecule has 0 fully saturated rings. The largest absolute Gasteiger partial charge is 0.383 e. The van der Waals surface area contributed by atoms with E-state index in [-0.39, 0.29) is 0 Å². The summed E-state index contributed by atoms with van der Waals surface area (Å²) in [7, 11) is 0. The van der Waals surface area contributed by atoms with E-state index >= 15 is 0 Å². The van der Waals surface area contributed by atoms with Crippen molar-refractivity contribution >= 4 is 11.5 Å². The van der Waals surface area contributed by atoms with Crippen LogP contribution in [-0.4, -0.2) is 5.84 Å². The maximum atomic E-state index is 6.06. The molecule has 2 rings (SSSR count). The maximum absolute atomic E-state index is 6.06. The van der Waals surface area contributed by atoms with E-state index in [4.69, 9.17) is 5.73 Å². The number of benzene rings is 2. The monoisotopic (exact) mass is 238 g/mol. The zero-order valence-electron chi connectivity index (χ0n) is 11.1. The number of amidine groups is 1. The van der Waals surface area contributed by atoms with E-state index in [9.17, 15) is 0 Å². The number of nitrogens with zero attached hydrogens (tertiary/aromatic N) is 1. The van der Waals surface area contributed by atoms with Gasteiger partial charge in [0.15, 0.2) is 0 Å². The minimum absolute atomic E-state index is 0.562. The Hall–Kier alpha value is -2.09. The first-order chi connectivity index (χ1) is 8.58. The van der Waals surface area contributed by atoms with Gasteiger partial charge in [0.1, 0.15) is 5.84 Å². The van der Waals surface area contributed by atoms with Crippen LogP contribution in [0.2, 0.25) is 0 Å². The van der Waals surface area contributed by atoms with Crippen molar-refractivity contribution in [2.45, 2.75) is 20.8 Å². The predicted octanol–water partition coefficient (Wildman–Crippen LogP) is 3.65. The lowest BCUT2D eigenvalue weighted by atomic mass is 10.1. The molecule has 0 unspecified atom stereocenters. The van der Waals surface area contributed by atoms with E-state index in [0.29, 0.717) is 5.84 Å². The second kappa shape index (κ2) is 5.05. The molecule has 0 amide bonds. The number of para-hydroxylation sites is 1. The van der Waals surface area contributed by atoms with Crippen molar-refractivity contribution in [1.82, 2.24) is 0 Å². The van der Waals surface area contributed by atoms with Gasteiger partial charge in [-0.3, -0.25) is 0 Å². The van der Waals surface area contributed by atoms with Crippen molar-refractivity contribution in [2.24, 2.45) is 10.7 Å². The molecule has 92 valence electrons. The number of rotatable bonds is 2. The second-order valence-electron chi connectivity index (χ2n) is 4.60. The zero-order chi connectivity index (χ0) is 13.1. The molecule has 0 aliphatic carbocycles. The molecular weight excluding hydrogens is 220 g/mol. The lowest BCUT2D eigenvalue weighted by Crippen LogP contribution is -2.12. The van der Waals surface area contributed by atoms with Crippen LogP contribution < -0.4 is 5.73 Å². The normalized spacial score (nSPS) is 11.6. The Morgan fingerprint density at radius 3 is 2.00 bits per heavy atom. The molecule has 2 heteroatoms. The van der Waals surface area contributed by atoms with Gasteiger partial charge >= 0.3 is 0 Å². The van der Waals surface area contributed by atoms with Crippen LogP contribution in [0.15, 0.2) is 47.5 Å². The Bertz CT molecular complexity index is 560. The first kappa shape index (κ1) is 12.4. The SMILES string of the molecule is Cc1ccc(C(N)=Nc2c(C)cccc2C)cc1. The van der Waals surface area contributed by atoms with Crippen LogP contribution in [0.25, 0.3) is 0 Å². The molecule has 0 heterocycles. The molecule has 0 radical (unpaired) electrons. The van der Waals surface area contributed by atoms with Gasteiger partial charge in [0.2, 0.25) is 0 Å². The van der Waals surface area contributed by atoms with E-state index in [0.717, 1.165) is 22.4 Å². The Kier molecular flexibility index (Phi) is 3.47. The van der Waals surface area contributed by atoms with Gasteiger partial charge in [-0.05, 0) is 31.9 Å². The zero-order valence-corrected chi connectivity index (χ0v) is 11.1. The molecule has 0 aromatic heterocycles. The van der Waals surface area contributed by atoms with Gasteiger partial charge in [-0.15, -0.1) is 0 Å². The van der Waals surface area contributed by atoms with Gasteiger partial charge < -0.3 is 5.73 Å². The third-order valence-electron chi connectivity index (χ3n) is 3.02. The van der Waals surface area contributed by atoms with Crippen LogP contribution in [-0.2, 0) is 0 Å². The molecular formula is C16H18N2. The highest BCUT2D eigenvalue weighted by molar-refractivity contribution is 5.99. The molecule has 2 N–H and O–H groups in total. The van der Waals surface area contributed by atoms with Crippen LogP contribution in [0.4, 0.5) is 5.69 Å². The van der Waals surface area contributed by atoms with Crippen molar-refractivity contribution in [3.63, 3.8) is 0 Å². The van der Waals surface area contributed by atoms with Gasteiger partial charge in [-0.2, -0.15) is 0 Å².